The predicted molar refractivity (Wildman–Crippen MR) is 143 cm³/mol. The zero-order valence-electron chi connectivity index (χ0n) is 22.8. The normalized spacial score (nSPS) is 15.1. The summed E-state index contributed by atoms with van der Waals surface area (Å²) in [6.45, 7) is 4.70. The van der Waals surface area contributed by atoms with Gasteiger partial charge in [-0.15, -0.1) is 10.1 Å². The van der Waals surface area contributed by atoms with E-state index in [1.54, 1.807) is 45.0 Å². The molecule has 0 bridgehead atoms. The average Bonchev–Trinajstić information content (AvgIpc) is 3.30. The highest BCUT2D eigenvalue weighted by molar-refractivity contribution is 7.90. The lowest BCUT2D eigenvalue weighted by molar-refractivity contribution is -0.757. The topological polar surface area (TPSA) is 152 Å². The molecule has 1 aromatic carbocycles. The van der Waals surface area contributed by atoms with E-state index in [-0.39, 0.29) is 30.4 Å². The summed E-state index contributed by atoms with van der Waals surface area (Å²) in [5.41, 5.74) is 1.80. The van der Waals surface area contributed by atoms with Crippen molar-refractivity contribution in [3.63, 3.8) is 0 Å². The largest absolute Gasteiger partial charge is 0.457 e. The highest BCUT2D eigenvalue weighted by atomic mass is 32.2. The van der Waals surface area contributed by atoms with Gasteiger partial charge in [-0.25, -0.2) is 13.2 Å². The number of sulfone groups is 1. The molecule has 1 saturated carbocycles. The molecule has 0 N–H and O–H groups in total. The molecule has 3 rings (SSSR count). The summed E-state index contributed by atoms with van der Waals surface area (Å²) in [6, 6.07) is 8.62. The second kappa shape index (κ2) is 13.0. The predicted octanol–water partition coefficient (Wildman–Crippen LogP) is 4.51. The van der Waals surface area contributed by atoms with Crippen LogP contribution in [-0.4, -0.2) is 60.0 Å². The van der Waals surface area contributed by atoms with Crippen molar-refractivity contribution in [3.05, 3.63) is 46.1 Å². The number of rotatable bonds is 12. The molecule has 0 atom stereocenters. The summed E-state index contributed by atoms with van der Waals surface area (Å²) in [5.74, 6) is -0.582. The number of esters is 1. The molecule has 39 heavy (non-hydrogen) atoms. The molecule has 1 aliphatic carbocycles. The molecule has 0 aliphatic heterocycles. The summed E-state index contributed by atoms with van der Waals surface area (Å²) in [7, 11) is -3.34. The summed E-state index contributed by atoms with van der Waals surface area (Å²) >= 11 is 0. The van der Waals surface area contributed by atoms with E-state index < -0.39 is 33.1 Å². The molecule has 0 radical (unpaired) electrons. The second-order valence-corrected chi connectivity index (χ2v) is 12.5. The quantitative estimate of drug-likeness (QED) is 0.119. The lowest BCUT2D eigenvalue weighted by atomic mass is 9.95. The summed E-state index contributed by atoms with van der Waals surface area (Å²) in [6.07, 6.45) is 6.89. The van der Waals surface area contributed by atoms with Crippen LogP contribution in [0.25, 0.3) is 11.3 Å². The maximum absolute atomic E-state index is 12.1. The number of benzene rings is 1. The molecule has 0 amide bonds. The Bertz CT molecular complexity index is 1270. The number of aromatic nitrogens is 2. The van der Waals surface area contributed by atoms with Crippen LogP contribution in [0.5, 0.6) is 0 Å². The van der Waals surface area contributed by atoms with Crippen LogP contribution >= 0.6 is 0 Å². The fraction of sp³-hybridized carbons (Fsp3) is 0.577. The van der Waals surface area contributed by atoms with E-state index in [4.69, 9.17) is 14.7 Å². The van der Waals surface area contributed by atoms with Gasteiger partial charge in [-0.05, 0) is 70.2 Å². The van der Waals surface area contributed by atoms with Crippen molar-refractivity contribution in [2.45, 2.75) is 82.3 Å². The van der Waals surface area contributed by atoms with Gasteiger partial charge in [0.2, 0.25) is 6.61 Å². The SMILES string of the molecule is CC(C)(C)OC(=O)CO/N=C(/CCCO[N+](=O)[O-])c1cc(-c2ccc(S(C)(=O)=O)cc2)n(C2CCCCC2)n1. The van der Waals surface area contributed by atoms with Crippen LogP contribution in [0.4, 0.5) is 0 Å². The third-order valence-corrected chi connectivity index (χ3v) is 7.19. The molecule has 0 saturated heterocycles. The van der Waals surface area contributed by atoms with Crippen LogP contribution in [0.1, 0.15) is 77.5 Å². The van der Waals surface area contributed by atoms with Crippen molar-refractivity contribution in [1.29, 1.82) is 0 Å². The summed E-state index contributed by atoms with van der Waals surface area (Å²) in [4.78, 5) is 32.6. The maximum Gasteiger partial charge on any atom is 0.347 e. The Balaban J connectivity index is 1.94. The van der Waals surface area contributed by atoms with Crippen molar-refractivity contribution >= 4 is 21.5 Å². The summed E-state index contributed by atoms with van der Waals surface area (Å²) < 4.78 is 31.1. The van der Waals surface area contributed by atoms with Crippen molar-refractivity contribution in [2.75, 3.05) is 19.5 Å². The van der Waals surface area contributed by atoms with Gasteiger partial charge in [0, 0.05) is 6.26 Å². The lowest BCUT2D eigenvalue weighted by Crippen LogP contribution is -2.26. The molecule has 1 aliphatic rings. The molecular formula is C26H36N4O8S. The van der Waals surface area contributed by atoms with Crippen molar-refractivity contribution in [3.8, 4) is 11.3 Å². The molecule has 12 nitrogen and oxygen atoms in total. The molecule has 0 unspecified atom stereocenters. The minimum atomic E-state index is -3.34. The number of carbonyl (C=O) groups excluding carboxylic acids is 1. The Kier molecular flexibility index (Phi) is 10.1. The van der Waals surface area contributed by atoms with E-state index in [0.29, 0.717) is 11.4 Å². The van der Waals surface area contributed by atoms with E-state index in [1.807, 2.05) is 10.7 Å². The first kappa shape index (κ1) is 30.1. The van der Waals surface area contributed by atoms with Gasteiger partial charge >= 0.3 is 5.97 Å². The van der Waals surface area contributed by atoms with E-state index >= 15 is 0 Å². The van der Waals surface area contributed by atoms with E-state index in [2.05, 4.69) is 9.99 Å². The van der Waals surface area contributed by atoms with Crippen molar-refractivity contribution in [1.82, 2.24) is 9.78 Å². The second-order valence-electron chi connectivity index (χ2n) is 10.5. The molecule has 1 heterocycles. The number of ether oxygens (including phenoxy) is 1. The molecule has 2 aromatic rings. The highest BCUT2D eigenvalue weighted by Crippen LogP contribution is 2.33. The number of nitrogens with zero attached hydrogens (tertiary/aromatic N) is 4. The van der Waals surface area contributed by atoms with E-state index in [1.165, 1.54) is 0 Å². The van der Waals surface area contributed by atoms with Crippen molar-refractivity contribution < 1.29 is 32.7 Å². The third kappa shape index (κ3) is 9.34. The monoisotopic (exact) mass is 564 g/mol. The Morgan fingerprint density at radius 3 is 2.44 bits per heavy atom. The van der Waals surface area contributed by atoms with E-state index in [0.717, 1.165) is 49.6 Å². The fourth-order valence-electron chi connectivity index (χ4n) is 4.36. The van der Waals surface area contributed by atoms with Crippen LogP contribution in [-0.2, 0) is 29.0 Å². The van der Waals surface area contributed by atoms with Gasteiger partial charge in [-0.3, -0.25) is 4.68 Å². The lowest BCUT2D eigenvalue weighted by Gasteiger charge is -2.24. The van der Waals surface area contributed by atoms with Gasteiger partial charge in [0.05, 0.1) is 23.2 Å². The zero-order chi connectivity index (χ0) is 28.6. The zero-order valence-corrected chi connectivity index (χ0v) is 23.6. The van der Waals surface area contributed by atoms with Gasteiger partial charge in [0.1, 0.15) is 17.0 Å². The molecule has 1 fully saturated rings. The number of hydrogen-bond donors (Lipinski definition) is 0. The number of oxime groups is 1. The van der Waals surface area contributed by atoms with E-state index in [9.17, 15) is 23.3 Å². The molecule has 1 aromatic heterocycles. The van der Waals surface area contributed by atoms with Crippen LogP contribution < -0.4 is 0 Å². The first-order valence-corrected chi connectivity index (χ1v) is 14.8. The first-order chi connectivity index (χ1) is 18.3. The van der Waals surface area contributed by atoms with Gasteiger partial charge < -0.3 is 14.4 Å². The maximum atomic E-state index is 12.1. The van der Waals surface area contributed by atoms with Crippen molar-refractivity contribution in [2.24, 2.45) is 5.16 Å². The Morgan fingerprint density at radius 2 is 1.85 bits per heavy atom. The molecule has 13 heteroatoms. The van der Waals surface area contributed by atoms with Crippen LogP contribution in [0, 0.1) is 10.1 Å². The van der Waals surface area contributed by atoms with Gasteiger partial charge in [-0.1, -0.05) is 36.6 Å². The van der Waals surface area contributed by atoms with Crippen LogP contribution in [0.2, 0.25) is 0 Å². The minimum Gasteiger partial charge on any atom is -0.457 e. The third-order valence-electron chi connectivity index (χ3n) is 6.06. The molecule has 214 valence electrons. The Labute approximate surface area is 228 Å². The standard InChI is InChI=1S/C26H36N4O8S/c1-26(2,3)38-25(31)18-36-28-22(11-8-16-37-30(32)33)23-17-24(29(27-23)20-9-6-5-7-10-20)19-12-14-21(15-13-19)39(4,34)35/h12-15,17,20H,5-11,16,18H2,1-4H3/b28-22-. The Morgan fingerprint density at radius 1 is 1.18 bits per heavy atom. The van der Waals surface area contributed by atoms with Gasteiger partial charge in [0.25, 0.3) is 5.09 Å². The number of hydrogen-bond acceptors (Lipinski definition) is 10. The molecular weight excluding hydrogens is 528 g/mol. The van der Waals surface area contributed by atoms with Gasteiger partial charge in [-0.2, -0.15) is 5.10 Å². The smallest absolute Gasteiger partial charge is 0.347 e. The van der Waals surface area contributed by atoms with Crippen LogP contribution in [0.3, 0.4) is 0 Å². The minimum absolute atomic E-state index is 0.138. The molecule has 0 spiro atoms. The summed E-state index contributed by atoms with van der Waals surface area (Å²) in [5, 5.41) is 18.7. The Hall–Kier alpha value is -3.48. The average molecular weight is 565 g/mol. The fourth-order valence-corrected chi connectivity index (χ4v) is 4.99. The highest BCUT2D eigenvalue weighted by Gasteiger charge is 2.23. The van der Waals surface area contributed by atoms with Gasteiger partial charge in [0.15, 0.2) is 9.84 Å². The number of carbonyl (C=O) groups is 1. The first-order valence-electron chi connectivity index (χ1n) is 12.9. The van der Waals surface area contributed by atoms with Crippen LogP contribution in [0.15, 0.2) is 40.4 Å².